The van der Waals surface area contributed by atoms with Crippen LogP contribution in [0, 0.1) is 17.3 Å². The summed E-state index contributed by atoms with van der Waals surface area (Å²) in [6, 6.07) is 9.15. The number of nitrogens with zero attached hydrogens (tertiary/aromatic N) is 4. The molecule has 1 aromatic carbocycles. The Labute approximate surface area is 313 Å². The number of rotatable bonds is 13. The molecule has 4 unspecified atom stereocenters. The third kappa shape index (κ3) is 17.6. The molecule has 0 bridgehead atoms. The van der Waals surface area contributed by atoms with Crippen LogP contribution in [0.5, 0.6) is 0 Å². The number of carboxylic acid groups (broad SMARTS) is 1. The molecule has 0 aliphatic carbocycles. The van der Waals surface area contributed by atoms with Crippen LogP contribution in [0.4, 0.5) is 0 Å². The van der Waals surface area contributed by atoms with Crippen LogP contribution in [0.3, 0.4) is 0 Å². The second kappa shape index (κ2) is 22.4. The molecular weight excluding hydrogens is 690 g/mol. The zero-order valence-corrected chi connectivity index (χ0v) is 32.4. The van der Waals surface area contributed by atoms with E-state index in [2.05, 4.69) is 18.9 Å². The Hall–Kier alpha value is -4.65. The van der Waals surface area contributed by atoms with Gasteiger partial charge in [0.15, 0.2) is 26.2 Å². The molecule has 1 heterocycles. The van der Waals surface area contributed by atoms with Crippen LogP contribution in [0.1, 0.15) is 24.3 Å². The van der Waals surface area contributed by atoms with Gasteiger partial charge in [0.1, 0.15) is 58.9 Å². The molecule has 1 aliphatic rings. The first kappa shape index (κ1) is 46.4. The number of isocyanates is 1. The lowest BCUT2D eigenvalue weighted by molar-refractivity contribution is -1.01. The molecule has 2 N–H and O–H groups in total. The maximum Gasteiger partial charge on any atom is 0.361 e. The molecule has 0 aromatic heterocycles. The van der Waals surface area contributed by atoms with E-state index in [4.69, 9.17) is 29.2 Å². The van der Waals surface area contributed by atoms with Gasteiger partial charge in [-0.25, -0.2) is 24.6 Å². The van der Waals surface area contributed by atoms with Gasteiger partial charge in [-0.05, 0) is 17.9 Å². The van der Waals surface area contributed by atoms with Crippen molar-refractivity contribution in [3.63, 3.8) is 0 Å². The zero-order chi connectivity index (χ0) is 40.1. The molecule has 1 fully saturated rings. The Morgan fingerprint density at radius 3 is 1.55 bits per heavy atom. The van der Waals surface area contributed by atoms with Gasteiger partial charge in [-0.1, -0.05) is 36.3 Å². The number of methoxy groups -OCH3 is 3. The largest absolute Gasteiger partial charge is 0.477 e. The summed E-state index contributed by atoms with van der Waals surface area (Å²) >= 11 is 0. The van der Waals surface area contributed by atoms with Crippen LogP contribution >= 0.6 is 0 Å². The van der Waals surface area contributed by atoms with Gasteiger partial charge >= 0.3 is 29.8 Å². The molecule has 2 rings (SSSR count). The van der Waals surface area contributed by atoms with Crippen molar-refractivity contribution in [2.24, 2.45) is 0 Å². The molecule has 294 valence electrons. The van der Waals surface area contributed by atoms with E-state index >= 15 is 0 Å². The van der Waals surface area contributed by atoms with E-state index in [0.29, 0.717) is 72.4 Å². The Balaban J connectivity index is 0.00000452. The fourth-order valence-electron chi connectivity index (χ4n) is 6.09. The maximum absolute atomic E-state index is 12.5. The van der Waals surface area contributed by atoms with Gasteiger partial charge in [-0.2, -0.15) is 0 Å². The molecule has 0 spiro atoms. The number of hydrogen-bond acceptors (Lipinski definition) is 11. The Bertz CT molecular complexity index is 1480. The van der Waals surface area contributed by atoms with Crippen LogP contribution in [-0.2, 0) is 47.7 Å². The number of benzene rings is 1. The summed E-state index contributed by atoms with van der Waals surface area (Å²) in [4.78, 5) is 70.2. The van der Waals surface area contributed by atoms with E-state index in [1.54, 1.807) is 0 Å². The molecular formula is C37H59N5O11+4. The average Bonchev–Trinajstić information content (AvgIpc) is 3.12. The summed E-state index contributed by atoms with van der Waals surface area (Å²) in [6.07, 6.45) is 1.02. The number of esters is 4. The van der Waals surface area contributed by atoms with Gasteiger partial charge in [0.2, 0.25) is 6.08 Å². The first-order valence-electron chi connectivity index (χ1n) is 17.4. The minimum atomic E-state index is -0.901. The SMILES string of the molecule is COC(=O)C[N+]1(C)CC[N+](C)(CC(=O)O)CC[N+](C)(CC#CCOC(=O)CCC(C(=O)OC)c2ccccc2)CC[N@+](C)(CC(=O)OC)CC1.N=C=O. The maximum atomic E-state index is 12.5. The van der Waals surface area contributed by atoms with E-state index in [9.17, 15) is 29.1 Å². The lowest BCUT2D eigenvalue weighted by atomic mass is 9.94. The summed E-state index contributed by atoms with van der Waals surface area (Å²) in [7, 11) is 12.0. The van der Waals surface area contributed by atoms with Gasteiger partial charge < -0.3 is 42.0 Å². The molecule has 0 amide bonds. The molecule has 0 saturated carbocycles. The zero-order valence-electron chi connectivity index (χ0n) is 32.4. The minimum Gasteiger partial charge on any atom is -0.477 e. The highest BCUT2D eigenvalue weighted by atomic mass is 16.5. The number of aliphatic carboxylic acids is 1. The first-order chi connectivity index (χ1) is 24.9. The minimum absolute atomic E-state index is 0.0261. The third-order valence-electron chi connectivity index (χ3n) is 9.93. The van der Waals surface area contributed by atoms with Crippen molar-refractivity contribution in [2.75, 3.05) is 135 Å². The van der Waals surface area contributed by atoms with E-state index in [1.807, 2.05) is 51.5 Å². The van der Waals surface area contributed by atoms with Gasteiger partial charge in [0.25, 0.3) is 0 Å². The van der Waals surface area contributed by atoms with Crippen LogP contribution in [-0.4, -0.2) is 194 Å². The van der Waals surface area contributed by atoms with Crippen LogP contribution in [0.25, 0.3) is 0 Å². The standard InChI is InChI=1S/C36H57N4O10.CHNO/c1-37(17-11-12-26-50-33(43)16-15-31(36(46)49-7)30-13-9-8-10-14-30)18-20-38(2,27-32(41)42)22-23-40(4,29-35(45)48-6)25-24-39(3,21-19-37)28-34(44)47-5;2-1-3/h8-10,13-14,31H,15-29H2,1-7H3;2H/q+3;/p+1/t31?,37?,38?,39-,40?;/m0./s1. The fraction of sp³-hybridized carbons (Fsp3) is 0.622. The predicted molar refractivity (Wildman–Crippen MR) is 192 cm³/mol. The van der Waals surface area contributed by atoms with Gasteiger partial charge in [0, 0.05) is 6.42 Å². The molecule has 0 radical (unpaired) electrons. The number of carbonyl (C=O) groups is 5. The van der Waals surface area contributed by atoms with Gasteiger partial charge in [-0.15, -0.1) is 0 Å². The van der Waals surface area contributed by atoms with E-state index < -0.39 is 23.8 Å². The summed E-state index contributed by atoms with van der Waals surface area (Å²) in [6.45, 7) is 5.11. The van der Waals surface area contributed by atoms with Crippen molar-refractivity contribution >= 4 is 35.9 Å². The molecule has 1 aliphatic heterocycles. The second-order valence-electron chi connectivity index (χ2n) is 14.6. The predicted octanol–water partition coefficient (Wildman–Crippen LogP) is 0.402. The van der Waals surface area contributed by atoms with Crippen LogP contribution < -0.4 is 0 Å². The molecule has 1 saturated heterocycles. The lowest BCUT2D eigenvalue weighted by Gasteiger charge is -2.44. The molecule has 16 heteroatoms. The molecule has 5 atom stereocenters. The van der Waals surface area contributed by atoms with Gasteiger partial charge in [0.05, 0.1) is 55.4 Å². The van der Waals surface area contributed by atoms with E-state index in [-0.39, 0.29) is 55.5 Å². The lowest BCUT2D eigenvalue weighted by Crippen LogP contribution is -2.65. The van der Waals surface area contributed by atoms with E-state index in [1.165, 1.54) is 21.3 Å². The van der Waals surface area contributed by atoms with Crippen molar-refractivity contribution < 1.29 is 70.8 Å². The highest BCUT2D eigenvalue weighted by molar-refractivity contribution is 5.79. The highest BCUT2D eigenvalue weighted by Crippen LogP contribution is 2.23. The molecule has 53 heavy (non-hydrogen) atoms. The Morgan fingerprint density at radius 2 is 1.13 bits per heavy atom. The van der Waals surface area contributed by atoms with Crippen molar-refractivity contribution in [2.45, 2.75) is 18.8 Å². The van der Waals surface area contributed by atoms with Gasteiger partial charge in [-0.3, -0.25) is 9.59 Å². The summed E-state index contributed by atoms with van der Waals surface area (Å²) in [5.74, 6) is 3.08. The number of quaternary nitrogens is 4. The Morgan fingerprint density at radius 1 is 0.698 bits per heavy atom. The topological polar surface area (TPSA) is 183 Å². The van der Waals surface area contributed by atoms with Crippen molar-refractivity contribution in [1.82, 2.24) is 0 Å². The fourth-order valence-corrected chi connectivity index (χ4v) is 6.09. The number of nitrogens with one attached hydrogen (secondary N) is 1. The number of carbonyl (C=O) groups excluding carboxylic acids is 5. The monoisotopic (exact) mass is 749 g/mol. The third-order valence-corrected chi connectivity index (χ3v) is 9.93. The number of likely N-dealkylation sites (N-methyl/N-ethyl adjacent to an activating group) is 4. The van der Waals surface area contributed by atoms with Crippen molar-refractivity contribution in [3.8, 4) is 11.8 Å². The second-order valence-corrected chi connectivity index (χ2v) is 14.6. The first-order valence-corrected chi connectivity index (χ1v) is 17.4. The number of carboxylic acids is 1. The molecule has 16 nitrogen and oxygen atoms in total. The molecule has 1 aromatic rings. The van der Waals surface area contributed by atoms with Crippen LogP contribution in [0.15, 0.2) is 30.3 Å². The summed E-state index contributed by atoms with van der Waals surface area (Å²) in [5.41, 5.74) is 0.767. The normalized spacial score (nSPS) is 25.0. The number of hydrogen-bond donors (Lipinski definition) is 2. The average molecular weight is 750 g/mol. The van der Waals surface area contributed by atoms with E-state index in [0.717, 1.165) is 11.6 Å². The highest BCUT2D eigenvalue weighted by Gasteiger charge is 2.40. The van der Waals surface area contributed by atoms with Crippen molar-refractivity contribution in [3.05, 3.63) is 35.9 Å². The summed E-state index contributed by atoms with van der Waals surface area (Å²) < 4.78 is 21.8. The Kier molecular flexibility index (Phi) is 19.6. The number of ether oxygens (including phenoxy) is 4. The quantitative estimate of drug-likeness (QED) is 0.0711. The smallest absolute Gasteiger partial charge is 0.361 e. The van der Waals surface area contributed by atoms with Crippen molar-refractivity contribution in [1.29, 1.82) is 5.41 Å². The van der Waals surface area contributed by atoms with Crippen LogP contribution in [0.2, 0.25) is 0 Å². The summed E-state index contributed by atoms with van der Waals surface area (Å²) in [5, 5.41) is 15.2.